The number of aliphatic hydroxyl groups is 1. The van der Waals surface area contributed by atoms with Crippen LogP contribution in [0.15, 0.2) is 24.5 Å². The number of aryl methyl sites for hydroxylation is 1. The summed E-state index contributed by atoms with van der Waals surface area (Å²) in [4.78, 5) is 15.1. The Hall–Kier alpha value is -2.96. The molecule has 1 aliphatic rings. The topological polar surface area (TPSA) is 113 Å². The van der Waals surface area contributed by atoms with Crippen molar-refractivity contribution in [2.24, 2.45) is 12.5 Å². The first-order valence-electron chi connectivity index (χ1n) is 8.46. The number of rotatable bonds is 2. The highest BCUT2D eigenvalue weighted by Gasteiger charge is 2.53. The zero-order valence-corrected chi connectivity index (χ0v) is 15.5. The van der Waals surface area contributed by atoms with Crippen molar-refractivity contribution in [1.82, 2.24) is 29.9 Å². The van der Waals surface area contributed by atoms with Crippen molar-refractivity contribution in [1.29, 1.82) is 5.26 Å². The first-order chi connectivity index (χ1) is 12.9. The van der Waals surface area contributed by atoms with Crippen molar-refractivity contribution in [2.45, 2.75) is 25.4 Å². The van der Waals surface area contributed by atoms with E-state index in [-0.39, 0.29) is 0 Å². The first-order valence-corrected chi connectivity index (χ1v) is 9.27. The van der Waals surface area contributed by atoms with Crippen molar-refractivity contribution in [3.05, 3.63) is 29.4 Å². The summed E-state index contributed by atoms with van der Waals surface area (Å²) in [5.74, 6) is 0.554. The van der Waals surface area contributed by atoms with Gasteiger partial charge in [0.1, 0.15) is 15.9 Å². The quantitative estimate of drug-likeness (QED) is 0.571. The van der Waals surface area contributed by atoms with Crippen molar-refractivity contribution < 1.29 is 5.11 Å². The van der Waals surface area contributed by atoms with Crippen molar-refractivity contribution in [3.63, 3.8) is 0 Å². The molecule has 5 rings (SSSR count). The maximum absolute atomic E-state index is 10.8. The third-order valence-corrected chi connectivity index (χ3v) is 6.30. The molecule has 27 heavy (non-hydrogen) atoms. The van der Waals surface area contributed by atoms with E-state index < -0.39 is 11.0 Å². The smallest absolute Gasteiger partial charge is 0.178 e. The molecule has 0 saturated heterocycles. The maximum Gasteiger partial charge on any atom is 0.178 e. The zero-order chi connectivity index (χ0) is 18.8. The molecule has 0 aliphatic heterocycles. The van der Waals surface area contributed by atoms with Gasteiger partial charge in [0, 0.05) is 35.3 Å². The van der Waals surface area contributed by atoms with Crippen LogP contribution in [0.1, 0.15) is 24.6 Å². The normalized spacial score (nSPS) is 24.8. The molecule has 9 heteroatoms. The van der Waals surface area contributed by atoms with E-state index in [9.17, 15) is 10.4 Å². The highest BCUT2D eigenvalue weighted by molar-refractivity contribution is 7.18. The van der Waals surface area contributed by atoms with Crippen molar-refractivity contribution >= 4 is 32.7 Å². The van der Waals surface area contributed by atoms with Crippen LogP contribution in [0, 0.1) is 16.7 Å². The fourth-order valence-corrected chi connectivity index (χ4v) is 4.83. The van der Waals surface area contributed by atoms with E-state index in [1.54, 1.807) is 24.1 Å². The van der Waals surface area contributed by atoms with Gasteiger partial charge in [-0.25, -0.2) is 19.6 Å². The van der Waals surface area contributed by atoms with Gasteiger partial charge in [-0.05, 0) is 31.9 Å². The first kappa shape index (κ1) is 16.2. The molecule has 0 aromatic carbocycles. The fourth-order valence-electron chi connectivity index (χ4n) is 3.74. The molecule has 0 radical (unpaired) electrons. The number of thiophene rings is 1. The molecule has 0 unspecified atom stereocenters. The Labute approximate surface area is 158 Å². The van der Waals surface area contributed by atoms with Crippen LogP contribution in [-0.2, 0) is 12.6 Å². The highest BCUT2D eigenvalue weighted by Crippen LogP contribution is 2.55. The summed E-state index contributed by atoms with van der Waals surface area (Å²) in [6, 6.07) is 6.07. The average molecular weight is 377 g/mol. The van der Waals surface area contributed by atoms with Gasteiger partial charge in [-0.1, -0.05) is 5.21 Å². The minimum Gasteiger partial charge on any atom is -0.384 e. The van der Waals surface area contributed by atoms with E-state index in [0.717, 1.165) is 20.7 Å². The number of pyridine rings is 1. The summed E-state index contributed by atoms with van der Waals surface area (Å²) < 4.78 is 1.61. The van der Waals surface area contributed by atoms with Gasteiger partial charge < -0.3 is 5.11 Å². The van der Waals surface area contributed by atoms with E-state index in [0.29, 0.717) is 29.8 Å². The van der Waals surface area contributed by atoms with Gasteiger partial charge in [0.05, 0.1) is 11.5 Å². The largest absolute Gasteiger partial charge is 0.384 e. The average Bonchev–Trinajstić information content (AvgIpc) is 3.23. The molecule has 0 bridgehead atoms. The number of hydrogen-bond donors (Lipinski definition) is 1. The second-order valence-electron chi connectivity index (χ2n) is 7.40. The van der Waals surface area contributed by atoms with Crippen LogP contribution in [0.3, 0.4) is 0 Å². The number of nitriles is 1. The molecular weight excluding hydrogens is 362 g/mol. The molecule has 1 N–H and O–H groups in total. The summed E-state index contributed by atoms with van der Waals surface area (Å²) in [6.45, 7) is 1.88. The lowest BCUT2D eigenvalue weighted by atomic mass is 9.60. The summed E-state index contributed by atoms with van der Waals surface area (Å²) in [5.41, 5.74) is 0.741. The molecule has 4 aromatic heterocycles. The van der Waals surface area contributed by atoms with Crippen LogP contribution in [-0.4, -0.2) is 35.1 Å². The number of fused-ring (bicyclic) bond motifs is 2. The van der Waals surface area contributed by atoms with Gasteiger partial charge in [0.25, 0.3) is 0 Å². The van der Waals surface area contributed by atoms with E-state index in [1.807, 2.05) is 19.1 Å². The molecule has 0 atom stereocenters. The van der Waals surface area contributed by atoms with Crippen molar-refractivity contribution in [3.8, 4) is 17.5 Å². The maximum atomic E-state index is 10.8. The van der Waals surface area contributed by atoms with Crippen LogP contribution in [0.2, 0.25) is 0 Å². The molecule has 4 aromatic rings. The molecule has 134 valence electrons. The van der Waals surface area contributed by atoms with Gasteiger partial charge in [0.2, 0.25) is 0 Å². The van der Waals surface area contributed by atoms with Crippen LogP contribution < -0.4 is 0 Å². The molecule has 1 fully saturated rings. The predicted octanol–water partition coefficient (Wildman–Crippen LogP) is 2.55. The summed E-state index contributed by atoms with van der Waals surface area (Å²) in [7, 11) is 1.79. The second-order valence-corrected chi connectivity index (χ2v) is 8.43. The summed E-state index contributed by atoms with van der Waals surface area (Å²) in [5, 5.41) is 29.0. The number of nitrogens with zero attached hydrogens (tertiary/aromatic N) is 7. The Balaban J connectivity index is 1.53. The molecule has 0 spiro atoms. The lowest BCUT2D eigenvalue weighted by Gasteiger charge is -2.46. The van der Waals surface area contributed by atoms with E-state index in [1.165, 1.54) is 11.3 Å². The van der Waals surface area contributed by atoms with E-state index >= 15 is 0 Å². The van der Waals surface area contributed by atoms with Crippen LogP contribution in [0.4, 0.5) is 0 Å². The lowest BCUT2D eigenvalue weighted by Crippen LogP contribution is -2.46. The molecule has 0 amide bonds. The molecule has 1 aliphatic carbocycles. The van der Waals surface area contributed by atoms with Gasteiger partial charge in [-0.3, -0.25) is 0 Å². The summed E-state index contributed by atoms with van der Waals surface area (Å²) in [6.07, 6.45) is 4.34. The van der Waals surface area contributed by atoms with Gasteiger partial charge in [-0.15, -0.1) is 16.4 Å². The fraction of sp³-hybridized carbons (Fsp3) is 0.333. The van der Waals surface area contributed by atoms with E-state index in [4.69, 9.17) is 0 Å². The SMILES string of the molecule is Cn1nnc2cc(-c3ncc4cc(C5(O)CC(C)(C#N)C5)sc4n3)cnc21. The van der Waals surface area contributed by atoms with Crippen molar-refractivity contribution in [2.75, 3.05) is 0 Å². The highest BCUT2D eigenvalue weighted by atomic mass is 32.1. The number of aromatic nitrogens is 6. The van der Waals surface area contributed by atoms with Crippen LogP contribution >= 0.6 is 11.3 Å². The predicted molar refractivity (Wildman–Crippen MR) is 99.6 cm³/mol. The second kappa shape index (κ2) is 5.28. The standard InChI is InChI=1S/C18H15N7OS/c1-17(9-19)7-18(26,8-17)13-4-11-6-20-14(22-16(11)27-13)10-3-12-15(21-5-10)25(2)24-23-12/h3-6,26H,7-8H2,1-2H3. The lowest BCUT2D eigenvalue weighted by molar-refractivity contribution is -0.0999. The Morgan fingerprint density at radius 3 is 2.85 bits per heavy atom. The zero-order valence-electron chi connectivity index (χ0n) is 14.7. The molecule has 1 saturated carbocycles. The molecular formula is C18H15N7OS. The Bertz CT molecular complexity index is 1250. The summed E-state index contributed by atoms with van der Waals surface area (Å²) >= 11 is 1.44. The van der Waals surface area contributed by atoms with E-state index in [2.05, 4.69) is 31.3 Å². The monoisotopic (exact) mass is 377 g/mol. The Kier molecular flexibility index (Phi) is 3.17. The third-order valence-electron chi connectivity index (χ3n) is 5.07. The number of hydrogen-bond acceptors (Lipinski definition) is 8. The molecule has 4 heterocycles. The minimum absolute atomic E-state index is 0.441. The van der Waals surface area contributed by atoms with Gasteiger partial charge in [0.15, 0.2) is 11.5 Å². The Morgan fingerprint density at radius 2 is 2.07 bits per heavy atom. The van der Waals surface area contributed by atoms with Gasteiger partial charge >= 0.3 is 0 Å². The van der Waals surface area contributed by atoms with Crippen LogP contribution in [0.25, 0.3) is 32.8 Å². The Morgan fingerprint density at radius 1 is 1.26 bits per heavy atom. The van der Waals surface area contributed by atoms with Crippen LogP contribution in [0.5, 0.6) is 0 Å². The minimum atomic E-state index is -0.948. The van der Waals surface area contributed by atoms with Gasteiger partial charge in [-0.2, -0.15) is 5.26 Å². The third kappa shape index (κ3) is 2.41. The molecule has 8 nitrogen and oxygen atoms in total.